The number of epoxide rings is 1. The van der Waals surface area contributed by atoms with Crippen LogP contribution in [0.2, 0.25) is 0 Å². The Labute approximate surface area is 112 Å². The average molecular weight is 264 g/mol. The summed E-state index contributed by atoms with van der Waals surface area (Å²) in [5.41, 5.74) is -0.364. The largest absolute Gasteiger partial charge is 0.392 e. The van der Waals surface area contributed by atoms with E-state index in [-0.39, 0.29) is 29.0 Å². The molecule has 104 valence electrons. The highest BCUT2D eigenvalue weighted by Crippen LogP contribution is 2.70. The van der Waals surface area contributed by atoms with Crippen LogP contribution in [-0.4, -0.2) is 41.4 Å². The Balaban J connectivity index is 1.90. The van der Waals surface area contributed by atoms with Crippen molar-refractivity contribution in [2.24, 2.45) is 10.8 Å². The molecule has 4 nitrogen and oxygen atoms in total. The molecule has 2 heterocycles. The summed E-state index contributed by atoms with van der Waals surface area (Å²) in [6, 6.07) is 0. The zero-order chi connectivity index (χ0) is 13.6. The van der Waals surface area contributed by atoms with Crippen molar-refractivity contribution in [3.63, 3.8) is 0 Å². The van der Waals surface area contributed by atoms with E-state index in [0.717, 1.165) is 5.57 Å². The first kappa shape index (κ1) is 12.1. The van der Waals surface area contributed by atoms with E-state index < -0.39 is 11.5 Å². The first-order valence-electron chi connectivity index (χ1n) is 7.04. The van der Waals surface area contributed by atoms with Crippen LogP contribution in [0.3, 0.4) is 0 Å². The highest BCUT2D eigenvalue weighted by molar-refractivity contribution is 5.96. The minimum absolute atomic E-state index is 0.0390. The summed E-state index contributed by atoms with van der Waals surface area (Å²) < 4.78 is 12.0. The summed E-state index contributed by atoms with van der Waals surface area (Å²) in [6.45, 7) is 6.66. The standard InChI is InChI=1S/C15H20O4/c1-8-4-11-13(2,6-9(8)16)14(3)10(17)5-12(19-11)15(14)7-18-15/h4,10-12,17H,5-7H2,1-3H3/t10-,11-,12-,13+,14-,15+/m1/s1. The van der Waals surface area contributed by atoms with E-state index in [9.17, 15) is 9.90 Å². The Kier molecular flexibility index (Phi) is 1.99. The lowest BCUT2D eigenvalue weighted by molar-refractivity contribution is -0.204. The minimum Gasteiger partial charge on any atom is -0.392 e. The van der Waals surface area contributed by atoms with Crippen molar-refractivity contribution >= 4 is 5.78 Å². The number of aliphatic hydroxyl groups excluding tert-OH is 1. The first-order chi connectivity index (χ1) is 8.85. The number of aliphatic hydroxyl groups is 1. The molecule has 6 atom stereocenters. The molecule has 4 heteroatoms. The molecule has 2 saturated heterocycles. The fourth-order valence-electron chi connectivity index (χ4n) is 4.76. The molecule has 2 aliphatic carbocycles. The average Bonchev–Trinajstić information content (AvgIpc) is 3.10. The van der Waals surface area contributed by atoms with Gasteiger partial charge in [0, 0.05) is 23.7 Å². The zero-order valence-electron chi connectivity index (χ0n) is 11.6. The Morgan fingerprint density at radius 1 is 1.42 bits per heavy atom. The molecule has 1 saturated carbocycles. The number of ether oxygens (including phenoxy) is 2. The van der Waals surface area contributed by atoms with Gasteiger partial charge in [0.2, 0.25) is 0 Å². The van der Waals surface area contributed by atoms with Crippen molar-refractivity contribution in [2.75, 3.05) is 6.61 Å². The summed E-state index contributed by atoms with van der Waals surface area (Å²) in [6.07, 6.45) is 2.41. The van der Waals surface area contributed by atoms with E-state index in [1.165, 1.54) is 0 Å². The number of fused-ring (bicyclic) bond motifs is 2. The monoisotopic (exact) mass is 264 g/mol. The van der Waals surface area contributed by atoms with Gasteiger partial charge in [0.1, 0.15) is 5.60 Å². The normalized spacial score (nSPS) is 59.1. The molecule has 3 fully saturated rings. The summed E-state index contributed by atoms with van der Waals surface area (Å²) >= 11 is 0. The summed E-state index contributed by atoms with van der Waals surface area (Å²) in [4.78, 5) is 12.2. The van der Waals surface area contributed by atoms with Crippen LogP contribution < -0.4 is 0 Å². The maximum Gasteiger partial charge on any atom is 0.159 e. The Hall–Kier alpha value is -0.710. The van der Waals surface area contributed by atoms with E-state index in [1.807, 2.05) is 13.0 Å². The van der Waals surface area contributed by atoms with Crippen LogP contribution in [0.15, 0.2) is 11.6 Å². The quantitative estimate of drug-likeness (QED) is 0.668. The molecule has 19 heavy (non-hydrogen) atoms. The van der Waals surface area contributed by atoms with Crippen molar-refractivity contribution < 1.29 is 19.4 Å². The molecule has 1 spiro atoms. The molecule has 0 unspecified atom stereocenters. The zero-order valence-corrected chi connectivity index (χ0v) is 11.6. The van der Waals surface area contributed by atoms with Crippen molar-refractivity contribution in [1.82, 2.24) is 0 Å². The van der Waals surface area contributed by atoms with Crippen LogP contribution in [0, 0.1) is 10.8 Å². The molecule has 2 aliphatic heterocycles. The molecule has 0 amide bonds. The molecular weight excluding hydrogens is 244 g/mol. The van der Waals surface area contributed by atoms with Crippen molar-refractivity contribution in [1.29, 1.82) is 0 Å². The first-order valence-corrected chi connectivity index (χ1v) is 7.04. The number of carbonyl (C=O) groups excluding carboxylic acids is 1. The highest BCUT2D eigenvalue weighted by atomic mass is 16.6. The van der Waals surface area contributed by atoms with Gasteiger partial charge in [-0.1, -0.05) is 13.8 Å². The Morgan fingerprint density at radius 2 is 2.11 bits per heavy atom. The number of carbonyl (C=O) groups is 1. The third-order valence-electron chi connectivity index (χ3n) is 6.45. The van der Waals surface area contributed by atoms with Gasteiger partial charge in [0.05, 0.1) is 24.9 Å². The topological polar surface area (TPSA) is 59.1 Å². The third kappa shape index (κ3) is 1.08. The number of hydrogen-bond acceptors (Lipinski definition) is 4. The molecular formula is C15H20O4. The van der Waals surface area contributed by atoms with Crippen molar-refractivity contribution in [3.05, 3.63) is 11.6 Å². The number of Topliss-reactive ketones (excluding diaryl/α,β-unsaturated/α-hetero) is 1. The third-order valence-corrected chi connectivity index (χ3v) is 6.45. The van der Waals surface area contributed by atoms with E-state index in [1.54, 1.807) is 0 Å². The van der Waals surface area contributed by atoms with Crippen LogP contribution in [0.4, 0.5) is 0 Å². The van der Waals surface area contributed by atoms with Gasteiger partial charge in [-0.2, -0.15) is 0 Å². The predicted octanol–water partition coefficient (Wildman–Crippen LogP) is 1.22. The summed E-state index contributed by atoms with van der Waals surface area (Å²) in [7, 11) is 0. The lowest BCUT2D eigenvalue weighted by Gasteiger charge is -2.56. The number of ketones is 1. The van der Waals surface area contributed by atoms with Gasteiger partial charge in [0.15, 0.2) is 5.78 Å². The minimum atomic E-state index is -0.463. The van der Waals surface area contributed by atoms with Gasteiger partial charge in [-0.3, -0.25) is 4.79 Å². The van der Waals surface area contributed by atoms with E-state index >= 15 is 0 Å². The number of rotatable bonds is 0. The van der Waals surface area contributed by atoms with Crippen LogP contribution in [-0.2, 0) is 14.3 Å². The summed E-state index contributed by atoms with van der Waals surface area (Å²) in [5.74, 6) is 0.164. The fraction of sp³-hybridized carbons (Fsp3) is 0.800. The maximum absolute atomic E-state index is 12.2. The van der Waals surface area contributed by atoms with Crippen LogP contribution in [0.25, 0.3) is 0 Å². The molecule has 0 aromatic carbocycles. The smallest absolute Gasteiger partial charge is 0.159 e. The molecule has 1 N–H and O–H groups in total. The summed E-state index contributed by atoms with van der Waals surface area (Å²) in [5, 5.41) is 10.6. The number of allylic oxidation sites excluding steroid dienone is 1. The van der Waals surface area contributed by atoms with Crippen LogP contribution >= 0.6 is 0 Å². The van der Waals surface area contributed by atoms with Gasteiger partial charge in [0.25, 0.3) is 0 Å². The second-order valence-electron chi connectivity index (χ2n) is 7.04. The lowest BCUT2D eigenvalue weighted by Crippen LogP contribution is -2.64. The molecule has 4 rings (SSSR count). The van der Waals surface area contributed by atoms with Crippen LogP contribution in [0.1, 0.15) is 33.6 Å². The number of hydrogen-bond donors (Lipinski definition) is 1. The second-order valence-corrected chi connectivity index (χ2v) is 7.04. The molecule has 0 aromatic heterocycles. The Bertz CT molecular complexity index is 506. The van der Waals surface area contributed by atoms with Crippen molar-refractivity contribution in [2.45, 2.75) is 57.5 Å². The lowest BCUT2D eigenvalue weighted by atomic mass is 9.52. The van der Waals surface area contributed by atoms with Crippen molar-refractivity contribution in [3.8, 4) is 0 Å². The van der Waals surface area contributed by atoms with Gasteiger partial charge >= 0.3 is 0 Å². The molecule has 4 aliphatic rings. The van der Waals surface area contributed by atoms with Crippen LogP contribution in [0.5, 0.6) is 0 Å². The Morgan fingerprint density at radius 3 is 2.74 bits per heavy atom. The van der Waals surface area contributed by atoms with Gasteiger partial charge < -0.3 is 14.6 Å². The molecule has 2 bridgehead atoms. The SMILES string of the molecule is CC1=C[C@H]2O[C@@H]3C[C@@H](O)[C@](C)([C@@]2(C)CC1=O)[C@]31CO1. The van der Waals surface area contributed by atoms with E-state index in [4.69, 9.17) is 9.47 Å². The van der Waals surface area contributed by atoms with Gasteiger partial charge in [-0.05, 0) is 18.6 Å². The highest BCUT2D eigenvalue weighted by Gasteiger charge is 2.80. The fourth-order valence-corrected chi connectivity index (χ4v) is 4.76. The van der Waals surface area contributed by atoms with Gasteiger partial charge in [-0.25, -0.2) is 0 Å². The molecule has 0 aromatic rings. The van der Waals surface area contributed by atoms with E-state index in [0.29, 0.717) is 19.4 Å². The van der Waals surface area contributed by atoms with Gasteiger partial charge in [-0.15, -0.1) is 0 Å². The maximum atomic E-state index is 12.2. The second kappa shape index (κ2) is 3.13. The van der Waals surface area contributed by atoms with E-state index in [2.05, 4.69) is 13.8 Å². The predicted molar refractivity (Wildman–Crippen MR) is 67.6 cm³/mol. The molecule has 0 radical (unpaired) electrons.